The molecule has 23 heavy (non-hydrogen) atoms. The van der Waals surface area contributed by atoms with Gasteiger partial charge < -0.3 is 9.84 Å². The highest BCUT2D eigenvalue weighted by Crippen LogP contribution is 2.31. The van der Waals surface area contributed by atoms with Crippen molar-refractivity contribution >= 4 is 51.8 Å². The molecule has 0 saturated heterocycles. The number of carbonyl (C=O) groups excluding carboxylic acids is 1. The third kappa shape index (κ3) is 3.09. The van der Waals surface area contributed by atoms with Crippen molar-refractivity contribution in [1.29, 1.82) is 0 Å². The van der Waals surface area contributed by atoms with Crippen molar-refractivity contribution in [2.24, 2.45) is 0 Å². The van der Waals surface area contributed by atoms with Crippen molar-refractivity contribution < 1.29 is 9.32 Å². The fourth-order valence-electron chi connectivity index (χ4n) is 2.17. The van der Waals surface area contributed by atoms with Crippen molar-refractivity contribution in [1.82, 2.24) is 10.1 Å². The Morgan fingerprint density at radius 1 is 1.13 bits per heavy atom. The number of fused-ring (bicyclic) bond motifs is 1. The van der Waals surface area contributed by atoms with Crippen LogP contribution in [0, 0.1) is 13.8 Å². The van der Waals surface area contributed by atoms with Gasteiger partial charge in [0, 0.05) is 10.7 Å². The second kappa shape index (κ2) is 6.06. The molecule has 3 aromatic rings. The summed E-state index contributed by atoms with van der Waals surface area (Å²) in [5.74, 6) is 0.262. The van der Waals surface area contributed by atoms with Crippen LogP contribution in [0.4, 0.5) is 16.3 Å². The highest BCUT2D eigenvalue weighted by molar-refractivity contribution is 6.33. The van der Waals surface area contributed by atoms with Crippen LogP contribution in [0.5, 0.6) is 0 Å². The van der Waals surface area contributed by atoms with Gasteiger partial charge in [0.1, 0.15) is 0 Å². The zero-order chi connectivity index (χ0) is 16.6. The van der Waals surface area contributed by atoms with Crippen LogP contribution in [0.1, 0.15) is 11.3 Å². The van der Waals surface area contributed by atoms with Gasteiger partial charge in [-0.15, -0.1) is 0 Å². The molecule has 3 rings (SSSR count). The molecule has 6 nitrogen and oxygen atoms in total. The molecule has 0 bridgehead atoms. The van der Waals surface area contributed by atoms with E-state index in [1.165, 1.54) is 0 Å². The fraction of sp³-hybridized carbons (Fsp3) is 0.133. The molecule has 8 heteroatoms. The van der Waals surface area contributed by atoms with E-state index in [9.17, 15) is 4.79 Å². The van der Waals surface area contributed by atoms with Crippen LogP contribution in [0.15, 0.2) is 28.8 Å². The first-order valence-electron chi connectivity index (χ1n) is 6.71. The Morgan fingerprint density at radius 3 is 2.52 bits per heavy atom. The molecule has 0 aliphatic rings. The summed E-state index contributed by atoms with van der Waals surface area (Å²) in [6.07, 6.45) is 0. The zero-order valence-corrected chi connectivity index (χ0v) is 13.8. The number of amides is 2. The Hall–Kier alpha value is -2.31. The predicted octanol–water partition coefficient (Wildman–Crippen LogP) is 4.79. The van der Waals surface area contributed by atoms with Gasteiger partial charge >= 0.3 is 6.03 Å². The monoisotopic (exact) mass is 350 g/mol. The number of aromatic nitrogens is 2. The molecular formula is C15H12Cl2N4O2. The summed E-state index contributed by atoms with van der Waals surface area (Å²) in [6, 6.07) is 6.28. The Labute approximate surface area is 141 Å². The summed E-state index contributed by atoms with van der Waals surface area (Å²) in [5, 5.41) is 10.8. The maximum absolute atomic E-state index is 12.1. The van der Waals surface area contributed by atoms with Crippen molar-refractivity contribution in [3.8, 4) is 0 Å². The molecule has 118 valence electrons. The van der Waals surface area contributed by atoms with Crippen LogP contribution in [0.3, 0.4) is 0 Å². The van der Waals surface area contributed by atoms with Gasteiger partial charge in [0.05, 0.1) is 16.1 Å². The van der Waals surface area contributed by atoms with Crippen molar-refractivity contribution in [2.45, 2.75) is 13.8 Å². The van der Waals surface area contributed by atoms with E-state index in [4.69, 9.17) is 27.7 Å². The summed E-state index contributed by atoms with van der Waals surface area (Å²) in [4.78, 5) is 16.3. The van der Waals surface area contributed by atoms with Crippen LogP contribution >= 0.6 is 23.2 Å². The average molecular weight is 351 g/mol. The molecule has 1 aromatic carbocycles. The van der Waals surface area contributed by atoms with Crippen molar-refractivity contribution in [3.05, 3.63) is 45.6 Å². The first kappa shape index (κ1) is 15.6. The van der Waals surface area contributed by atoms with Crippen LogP contribution in [0.25, 0.3) is 11.1 Å². The molecule has 0 aliphatic heterocycles. The number of hydrogen-bond acceptors (Lipinski definition) is 4. The SMILES string of the molecule is Cc1nc2onc(NC(=O)Nc3ccc(Cl)cc3)c2c(C)c1Cl. The number of halogens is 2. The van der Waals surface area contributed by atoms with Gasteiger partial charge in [-0.2, -0.15) is 0 Å². The molecule has 0 atom stereocenters. The Bertz CT molecular complexity index is 891. The second-order valence-corrected chi connectivity index (χ2v) is 5.75. The maximum atomic E-state index is 12.1. The highest BCUT2D eigenvalue weighted by atomic mass is 35.5. The van der Waals surface area contributed by atoms with E-state index >= 15 is 0 Å². The van der Waals surface area contributed by atoms with E-state index in [-0.39, 0.29) is 5.82 Å². The largest absolute Gasteiger partial charge is 0.334 e. The van der Waals surface area contributed by atoms with E-state index in [0.717, 1.165) is 5.56 Å². The lowest BCUT2D eigenvalue weighted by atomic mass is 10.2. The molecule has 2 aromatic heterocycles. The Kier molecular flexibility index (Phi) is 4.11. The topological polar surface area (TPSA) is 80.1 Å². The summed E-state index contributed by atoms with van der Waals surface area (Å²) < 4.78 is 5.15. The first-order chi connectivity index (χ1) is 11.0. The molecule has 2 amide bonds. The number of carbonyl (C=O) groups is 1. The number of urea groups is 1. The van der Waals surface area contributed by atoms with Gasteiger partial charge in [-0.05, 0) is 43.7 Å². The van der Waals surface area contributed by atoms with Gasteiger partial charge in [0.15, 0.2) is 5.82 Å². The summed E-state index contributed by atoms with van der Waals surface area (Å²) in [6.45, 7) is 3.59. The Balaban J connectivity index is 1.85. The molecule has 0 aliphatic carbocycles. The number of nitrogens with zero attached hydrogens (tertiary/aromatic N) is 2. The van der Waals surface area contributed by atoms with Crippen LogP contribution in [-0.4, -0.2) is 16.2 Å². The lowest BCUT2D eigenvalue weighted by Crippen LogP contribution is -2.19. The third-order valence-corrected chi connectivity index (χ3v) is 4.11. The summed E-state index contributed by atoms with van der Waals surface area (Å²) >= 11 is 12.0. The highest BCUT2D eigenvalue weighted by Gasteiger charge is 2.18. The van der Waals surface area contributed by atoms with E-state index in [2.05, 4.69) is 20.8 Å². The van der Waals surface area contributed by atoms with Crippen molar-refractivity contribution in [2.75, 3.05) is 10.6 Å². The van der Waals surface area contributed by atoms with Gasteiger partial charge in [0.2, 0.25) is 0 Å². The second-order valence-electron chi connectivity index (χ2n) is 4.93. The standard InChI is InChI=1S/C15H12Cl2N4O2/c1-7-11-13(21-23-14(11)18-8(2)12(7)17)20-15(22)19-10-5-3-9(16)4-6-10/h3-6H,1-2H3,(H2,19,20,21,22). The molecule has 0 radical (unpaired) electrons. The minimum Gasteiger partial charge on any atom is -0.334 e. The normalized spacial score (nSPS) is 10.8. The van der Waals surface area contributed by atoms with Gasteiger partial charge in [-0.1, -0.05) is 28.4 Å². The molecule has 0 unspecified atom stereocenters. The van der Waals surface area contributed by atoms with E-state index in [1.54, 1.807) is 31.2 Å². The minimum absolute atomic E-state index is 0.262. The molecule has 0 spiro atoms. The van der Waals surface area contributed by atoms with Gasteiger partial charge in [-0.3, -0.25) is 5.32 Å². The number of nitrogens with one attached hydrogen (secondary N) is 2. The molecular weight excluding hydrogens is 339 g/mol. The zero-order valence-electron chi connectivity index (χ0n) is 12.3. The van der Waals surface area contributed by atoms with Crippen LogP contribution < -0.4 is 10.6 Å². The number of hydrogen-bond donors (Lipinski definition) is 2. The summed E-state index contributed by atoms with van der Waals surface area (Å²) in [7, 11) is 0. The first-order valence-corrected chi connectivity index (χ1v) is 7.47. The third-order valence-electron chi connectivity index (χ3n) is 3.30. The van der Waals surface area contributed by atoms with Crippen LogP contribution in [-0.2, 0) is 0 Å². The maximum Gasteiger partial charge on any atom is 0.324 e. The molecule has 2 heterocycles. The lowest BCUT2D eigenvalue weighted by Gasteiger charge is -2.07. The van der Waals surface area contributed by atoms with E-state index in [1.807, 2.05) is 6.92 Å². The molecule has 0 saturated carbocycles. The fourth-order valence-corrected chi connectivity index (χ4v) is 2.43. The quantitative estimate of drug-likeness (QED) is 0.696. The Morgan fingerprint density at radius 2 is 1.83 bits per heavy atom. The predicted molar refractivity (Wildman–Crippen MR) is 90.4 cm³/mol. The van der Waals surface area contributed by atoms with Crippen molar-refractivity contribution in [3.63, 3.8) is 0 Å². The lowest BCUT2D eigenvalue weighted by molar-refractivity contribution is 0.262. The van der Waals surface area contributed by atoms with E-state index in [0.29, 0.717) is 32.5 Å². The smallest absolute Gasteiger partial charge is 0.324 e. The van der Waals surface area contributed by atoms with Gasteiger partial charge in [-0.25, -0.2) is 9.78 Å². The number of aryl methyl sites for hydroxylation is 2. The molecule has 0 fully saturated rings. The number of benzene rings is 1. The van der Waals surface area contributed by atoms with E-state index < -0.39 is 6.03 Å². The van der Waals surface area contributed by atoms with Crippen LogP contribution in [0.2, 0.25) is 10.0 Å². The van der Waals surface area contributed by atoms with Gasteiger partial charge in [0.25, 0.3) is 5.71 Å². The number of pyridine rings is 1. The summed E-state index contributed by atoms with van der Waals surface area (Å²) in [5.41, 5.74) is 2.32. The number of rotatable bonds is 2. The average Bonchev–Trinajstić information content (AvgIpc) is 2.90. The molecule has 2 N–H and O–H groups in total. The minimum atomic E-state index is -0.460. The number of anilines is 2.